The van der Waals surface area contributed by atoms with Crippen LogP contribution < -0.4 is 10.1 Å². The van der Waals surface area contributed by atoms with Crippen molar-refractivity contribution in [1.29, 1.82) is 0 Å². The Balaban J connectivity index is 2.12. The van der Waals surface area contributed by atoms with Crippen molar-refractivity contribution < 1.29 is 14.3 Å². The molecule has 1 amide bonds. The van der Waals surface area contributed by atoms with E-state index in [2.05, 4.69) is 5.32 Å². The molecular formula is C14H19NO3. The number of nitrogens with one attached hydrogen (secondary N) is 1. The number of hydrogen-bond acceptors (Lipinski definition) is 3. The maximum atomic E-state index is 11.7. The fraction of sp³-hybridized carbons (Fsp3) is 0.500. The highest BCUT2D eigenvalue weighted by molar-refractivity contribution is 5.86. The Kier molecular flexibility index (Phi) is 3.45. The topological polar surface area (TPSA) is 47.6 Å². The first kappa shape index (κ1) is 12.7. The van der Waals surface area contributed by atoms with Gasteiger partial charge in [0.2, 0.25) is 0 Å². The van der Waals surface area contributed by atoms with Gasteiger partial charge in [0.05, 0.1) is 12.3 Å². The molecule has 1 heterocycles. The summed E-state index contributed by atoms with van der Waals surface area (Å²) in [6.07, 6.45) is 1.46. The molecule has 0 unspecified atom stereocenters. The molecule has 0 saturated carbocycles. The summed E-state index contributed by atoms with van der Waals surface area (Å²) >= 11 is 0. The number of ether oxygens (including phenoxy) is 2. The van der Waals surface area contributed by atoms with Crippen LogP contribution in [0.25, 0.3) is 0 Å². The molecule has 2 rings (SSSR count). The minimum absolute atomic E-state index is 0.429. The van der Waals surface area contributed by atoms with Crippen molar-refractivity contribution in [3.8, 4) is 5.75 Å². The second-order valence-corrected chi connectivity index (χ2v) is 5.36. The van der Waals surface area contributed by atoms with E-state index in [1.165, 1.54) is 0 Å². The van der Waals surface area contributed by atoms with Crippen LogP contribution >= 0.6 is 0 Å². The first-order chi connectivity index (χ1) is 8.46. The van der Waals surface area contributed by atoms with Crippen LogP contribution in [0.1, 0.15) is 32.8 Å². The van der Waals surface area contributed by atoms with Gasteiger partial charge in [-0.3, -0.25) is 5.32 Å². The lowest BCUT2D eigenvalue weighted by atomic mass is 10.0. The Morgan fingerprint density at radius 2 is 2.17 bits per heavy atom. The maximum Gasteiger partial charge on any atom is 0.412 e. The van der Waals surface area contributed by atoms with E-state index >= 15 is 0 Å². The van der Waals surface area contributed by atoms with Crippen LogP contribution in [0, 0.1) is 0 Å². The molecule has 0 saturated heterocycles. The molecule has 0 fully saturated rings. The van der Waals surface area contributed by atoms with Crippen LogP contribution in [0.3, 0.4) is 0 Å². The van der Waals surface area contributed by atoms with E-state index in [1.54, 1.807) is 0 Å². The first-order valence-electron chi connectivity index (χ1n) is 6.20. The second kappa shape index (κ2) is 4.88. The van der Waals surface area contributed by atoms with Crippen LogP contribution in [-0.2, 0) is 11.2 Å². The molecule has 1 N–H and O–H groups in total. The van der Waals surface area contributed by atoms with E-state index < -0.39 is 11.7 Å². The summed E-state index contributed by atoms with van der Waals surface area (Å²) < 4.78 is 10.8. The molecular weight excluding hydrogens is 230 g/mol. The number of rotatable bonds is 1. The van der Waals surface area contributed by atoms with Gasteiger partial charge in [0.15, 0.2) is 0 Å². The largest absolute Gasteiger partial charge is 0.493 e. The fourth-order valence-electron chi connectivity index (χ4n) is 1.92. The number of carbonyl (C=O) groups is 1. The Bertz CT molecular complexity index is 449. The molecule has 0 spiro atoms. The smallest absolute Gasteiger partial charge is 0.412 e. The third-order valence-electron chi connectivity index (χ3n) is 2.60. The minimum Gasteiger partial charge on any atom is -0.493 e. The number of carbonyl (C=O) groups excluding carboxylic acids is 1. The quantitative estimate of drug-likeness (QED) is 0.830. The Morgan fingerprint density at radius 1 is 1.39 bits per heavy atom. The lowest BCUT2D eigenvalue weighted by molar-refractivity contribution is 0.0635. The molecule has 1 aromatic rings. The summed E-state index contributed by atoms with van der Waals surface area (Å²) in [6, 6.07) is 5.67. The van der Waals surface area contributed by atoms with Crippen molar-refractivity contribution >= 4 is 11.8 Å². The zero-order valence-corrected chi connectivity index (χ0v) is 11.1. The number of benzene rings is 1. The van der Waals surface area contributed by atoms with E-state index in [9.17, 15) is 4.79 Å². The fourth-order valence-corrected chi connectivity index (χ4v) is 1.92. The molecule has 1 aromatic carbocycles. The lowest BCUT2D eigenvalue weighted by Gasteiger charge is -2.23. The highest BCUT2D eigenvalue weighted by Crippen LogP contribution is 2.31. The molecule has 1 aliphatic heterocycles. The summed E-state index contributed by atoms with van der Waals surface area (Å²) in [6.45, 7) is 6.27. The normalized spacial score (nSPS) is 14.4. The molecule has 0 radical (unpaired) electrons. The van der Waals surface area contributed by atoms with Gasteiger partial charge in [-0.25, -0.2) is 4.79 Å². The minimum atomic E-state index is -0.491. The standard InChI is InChI=1S/C14H19NO3/c1-14(2,3)18-13(16)15-11-7-4-8-12-10(11)6-5-9-17-12/h4,7-8H,5-6,9H2,1-3H3,(H,15,16). The van der Waals surface area contributed by atoms with Gasteiger partial charge in [0.25, 0.3) is 0 Å². The number of anilines is 1. The van der Waals surface area contributed by atoms with Crippen molar-refractivity contribution in [2.45, 2.75) is 39.2 Å². The first-order valence-corrected chi connectivity index (χ1v) is 6.20. The van der Waals surface area contributed by atoms with Crippen molar-refractivity contribution in [1.82, 2.24) is 0 Å². The molecule has 1 aliphatic rings. The Hall–Kier alpha value is -1.71. The van der Waals surface area contributed by atoms with Crippen LogP contribution in [-0.4, -0.2) is 18.3 Å². The molecule has 18 heavy (non-hydrogen) atoms. The van der Waals surface area contributed by atoms with Gasteiger partial charge >= 0.3 is 6.09 Å². The molecule has 4 nitrogen and oxygen atoms in total. The summed E-state index contributed by atoms with van der Waals surface area (Å²) in [5, 5.41) is 2.79. The van der Waals surface area contributed by atoms with Gasteiger partial charge < -0.3 is 9.47 Å². The van der Waals surface area contributed by atoms with E-state index in [-0.39, 0.29) is 0 Å². The summed E-state index contributed by atoms with van der Waals surface area (Å²) in [7, 11) is 0. The molecule has 0 aromatic heterocycles. The van der Waals surface area contributed by atoms with Crippen LogP contribution in [0.2, 0.25) is 0 Å². The van der Waals surface area contributed by atoms with Crippen molar-refractivity contribution in [3.63, 3.8) is 0 Å². The number of hydrogen-bond donors (Lipinski definition) is 1. The zero-order valence-electron chi connectivity index (χ0n) is 11.1. The van der Waals surface area contributed by atoms with E-state index in [1.807, 2.05) is 39.0 Å². The summed E-state index contributed by atoms with van der Waals surface area (Å²) in [4.78, 5) is 11.7. The van der Waals surface area contributed by atoms with Crippen LogP contribution in [0.15, 0.2) is 18.2 Å². The molecule has 98 valence electrons. The molecule has 0 bridgehead atoms. The van der Waals surface area contributed by atoms with Gasteiger partial charge in [0.1, 0.15) is 11.4 Å². The number of fused-ring (bicyclic) bond motifs is 1. The van der Waals surface area contributed by atoms with Gasteiger partial charge in [-0.05, 0) is 45.7 Å². The highest BCUT2D eigenvalue weighted by atomic mass is 16.6. The van der Waals surface area contributed by atoms with Crippen molar-refractivity contribution in [2.24, 2.45) is 0 Å². The summed E-state index contributed by atoms with van der Waals surface area (Å²) in [5.74, 6) is 0.856. The monoisotopic (exact) mass is 249 g/mol. The van der Waals surface area contributed by atoms with Crippen LogP contribution in [0.5, 0.6) is 5.75 Å². The van der Waals surface area contributed by atoms with Crippen LogP contribution in [0.4, 0.5) is 10.5 Å². The van der Waals surface area contributed by atoms with E-state index in [0.29, 0.717) is 0 Å². The lowest BCUT2D eigenvalue weighted by Crippen LogP contribution is -2.27. The third kappa shape index (κ3) is 3.15. The van der Waals surface area contributed by atoms with E-state index in [0.717, 1.165) is 36.4 Å². The van der Waals surface area contributed by atoms with Gasteiger partial charge in [-0.1, -0.05) is 6.07 Å². The third-order valence-corrected chi connectivity index (χ3v) is 2.60. The van der Waals surface area contributed by atoms with Crippen molar-refractivity contribution in [3.05, 3.63) is 23.8 Å². The zero-order chi connectivity index (χ0) is 13.2. The van der Waals surface area contributed by atoms with E-state index in [4.69, 9.17) is 9.47 Å². The average Bonchev–Trinajstić information content (AvgIpc) is 2.27. The van der Waals surface area contributed by atoms with Gasteiger partial charge in [-0.15, -0.1) is 0 Å². The Labute approximate surface area is 107 Å². The summed E-state index contributed by atoms with van der Waals surface area (Å²) in [5.41, 5.74) is 1.34. The number of amides is 1. The molecule has 0 aliphatic carbocycles. The SMILES string of the molecule is CC(C)(C)OC(=O)Nc1cccc2c1CCCO2. The Morgan fingerprint density at radius 3 is 2.89 bits per heavy atom. The van der Waals surface area contributed by atoms with Gasteiger partial charge in [-0.2, -0.15) is 0 Å². The highest BCUT2D eigenvalue weighted by Gasteiger charge is 2.19. The van der Waals surface area contributed by atoms with Crippen molar-refractivity contribution in [2.75, 3.05) is 11.9 Å². The molecule has 0 atom stereocenters. The second-order valence-electron chi connectivity index (χ2n) is 5.36. The average molecular weight is 249 g/mol. The predicted octanol–water partition coefficient (Wildman–Crippen LogP) is 3.36. The molecule has 4 heteroatoms. The maximum absolute atomic E-state index is 11.7. The van der Waals surface area contributed by atoms with Gasteiger partial charge in [0, 0.05) is 5.56 Å². The predicted molar refractivity (Wildman–Crippen MR) is 70.1 cm³/mol.